The third-order valence-corrected chi connectivity index (χ3v) is 1.69. The first-order chi connectivity index (χ1) is 5.24. The lowest BCUT2D eigenvalue weighted by Crippen LogP contribution is -1.88. The summed E-state index contributed by atoms with van der Waals surface area (Å²) in [6.45, 7) is 1.90. The van der Waals surface area contributed by atoms with E-state index in [0.29, 0.717) is 0 Å². The molecule has 0 heterocycles. The Morgan fingerprint density at radius 2 is 1.91 bits per heavy atom. The predicted molar refractivity (Wildman–Crippen MR) is 51.8 cm³/mol. The Labute approximate surface area is 72.2 Å². The van der Waals surface area contributed by atoms with Crippen molar-refractivity contribution >= 4 is 17.1 Å². The smallest absolute Gasteiger partial charge is 0.0243 e. The minimum atomic E-state index is 0.894. The number of terminal acetylenes is 1. The van der Waals surface area contributed by atoms with Crippen molar-refractivity contribution in [3.8, 4) is 12.3 Å². The van der Waals surface area contributed by atoms with Crippen molar-refractivity contribution in [1.82, 2.24) is 0 Å². The fourth-order valence-corrected chi connectivity index (χ4v) is 0.937. The molecule has 1 aromatic rings. The maximum atomic E-state index is 5.19. The zero-order valence-electron chi connectivity index (χ0n) is 6.29. The summed E-state index contributed by atoms with van der Waals surface area (Å²) in [4.78, 5) is 0.897. The van der Waals surface area contributed by atoms with E-state index < -0.39 is 0 Å². The SMILES string of the molecule is C#Cc1ccc(C(C)=S)cc1. The van der Waals surface area contributed by atoms with Crippen LogP contribution in [0.1, 0.15) is 18.1 Å². The van der Waals surface area contributed by atoms with E-state index >= 15 is 0 Å². The van der Waals surface area contributed by atoms with Gasteiger partial charge in [-0.15, -0.1) is 6.42 Å². The molecule has 0 radical (unpaired) electrons. The van der Waals surface area contributed by atoms with Crippen molar-refractivity contribution in [2.75, 3.05) is 0 Å². The molecule has 0 unspecified atom stereocenters. The van der Waals surface area contributed by atoms with Gasteiger partial charge in [-0.25, -0.2) is 0 Å². The van der Waals surface area contributed by atoms with Crippen LogP contribution in [-0.4, -0.2) is 4.86 Å². The molecule has 0 saturated carbocycles. The molecule has 54 valence electrons. The second kappa shape index (κ2) is 3.32. The van der Waals surface area contributed by atoms with Crippen molar-refractivity contribution in [3.05, 3.63) is 35.4 Å². The van der Waals surface area contributed by atoms with Gasteiger partial charge < -0.3 is 0 Å². The molecule has 0 aliphatic carbocycles. The molecular formula is C10H8S. The fourth-order valence-electron chi connectivity index (χ4n) is 0.801. The second-order valence-electron chi connectivity index (χ2n) is 2.28. The van der Waals surface area contributed by atoms with Gasteiger partial charge in [0.2, 0.25) is 0 Å². The summed E-state index contributed by atoms with van der Waals surface area (Å²) < 4.78 is 0. The molecule has 0 spiro atoms. The topological polar surface area (TPSA) is 0 Å². The summed E-state index contributed by atoms with van der Waals surface area (Å²) in [6.07, 6.45) is 5.19. The third kappa shape index (κ3) is 1.89. The van der Waals surface area contributed by atoms with E-state index in [1.165, 1.54) is 0 Å². The van der Waals surface area contributed by atoms with Crippen LogP contribution in [0.3, 0.4) is 0 Å². The van der Waals surface area contributed by atoms with Crippen molar-refractivity contribution in [3.63, 3.8) is 0 Å². The van der Waals surface area contributed by atoms with Crippen LogP contribution in [0.25, 0.3) is 0 Å². The van der Waals surface area contributed by atoms with E-state index in [4.69, 9.17) is 18.6 Å². The first-order valence-electron chi connectivity index (χ1n) is 3.31. The minimum absolute atomic E-state index is 0.894. The van der Waals surface area contributed by atoms with E-state index in [1.54, 1.807) is 0 Å². The summed E-state index contributed by atoms with van der Waals surface area (Å²) in [5, 5.41) is 0. The number of rotatable bonds is 1. The number of benzene rings is 1. The molecule has 1 rings (SSSR count). The quantitative estimate of drug-likeness (QED) is 0.345. The lowest BCUT2D eigenvalue weighted by molar-refractivity contribution is 1.61. The van der Waals surface area contributed by atoms with Gasteiger partial charge in [-0.3, -0.25) is 0 Å². The van der Waals surface area contributed by atoms with Gasteiger partial charge >= 0.3 is 0 Å². The molecule has 0 fully saturated rings. The van der Waals surface area contributed by atoms with E-state index in [0.717, 1.165) is 16.0 Å². The summed E-state index contributed by atoms with van der Waals surface area (Å²) in [7, 11) is 0. The monoisotopic (exact) mass is 160 g/mol. The van der Waals surface area contributed by atoms with Gasteiger partial charge in [0.1, 0.15) is 0 Å². The molecule has 0 bridgehead atoms. The minimum Gasteiger partial charge on any atom is -0.115 e. The third-order valence-electron chi connectivity index (χ3n) is 1.46. The summed E-state index contributed by atoms with van der Waals surface area (Å²) in [5.74, 6) is 2.55. The molecule has 0 aromatic heterocycles. The number of hydrogen-bond acceptors (Lipinski definition) is 1. The molecule has 0 amide bonds. The zero-order chi connectivity index (χ0) is 8.27. The average Bonchev–Trinajstić information content (AvgIpc) is 2.05. The number of thiocarbonyl (C=S) groups is 1. The van der Waals surface area contributed by atoms with Gasteiger partial charge in [0.05, 0.1) is 0 Å². The standard InChI is InChI=1S/C10H8S/c1-3-9-4-6-10(7-5-9)8(2)11/h1,4-7H,2H3. The van der Waals surface area contributed by atoms with Gasteiger partial charge in [-0.05, 0) is 24.6 Å². The van der Waals surface area contributed by atoms with Crippen molar-refractivity contribution in [2.24, 2.45) is 0 Å². The Hall–Kier alpha value is -1.13. The molecule has 0 saturated heterocycles. The summed E-state index contributed by atoms with van der Waals surface area (Å²) in [5.41, 5.74) is 1.96. The first kappa shape index (κ1) is 7.97. The van der Waals surface area contributed by atoms with Crippen LogP contribution < -0.4 is 0 Å². The van der Waals surface area contributed by atoms with Crippen LogP contribution in [-0.2, 0) is 0 Å². The molecule has 1 heteroatoms. The zero-order valence-corrected chi connectivity index (χ0v) is 7.11. The van der Waals surface area contributed by atoms with E-state index in [-0.39, 0.29) is 0 Å². The van der Waals surface area contributed by atoms with Crippen LogP contribution in [0.5, 0.6) is 0 Å². The van der Waals surface area contributed by atoms with Gasteiger partial charge in [0.25, 0.3) is 0 Å². The molecule has 0 atom stereocenters. The Morgan fingerprint density at radius 3 is 2.27 bits per heavy atom. The maximum Gasteiger partial charge on any atom is 0.0243 e. The Balaban J connectivity index is 3.03. The van der Waals surface area contributed by atoms with Crippen molar-refractivity contribution < 1.29 is 0 Å². The largest absolute Gasteiger partial charge is 0.115 e. The van der Waals surface area contributed by atoms with Crippen LogP contribution in [0.15, 0.2) is 24.3 Å². The molecule has 11 heavy (non-hydrogen) atoms. The lowest BCUT2D eigenvalue weighted by Gasteiger charge is -1.96. The van der Waals surface area contributed by atoms with Crippen LogP contribution in [0.2, 0.25) is 0 Å². The molecule has 0 nitrogen and oxygen atoms in total. The van der Waals surface area contributed by atoms with Gasteiger partial charge in [0.15, 0.2) is 0 Å². The first-order valence-corrected chi connectivity index (χ1v) is 3.72. The van der Waals surface area contributed by atoms with Gasteiger partial charge in [-0.2, -0.15) is 0 Å². The van der Waals surface area contributed by atoms with E-state index in [9.17, 15) is 0 Å². The number of hydrogen-bond donors (Lipinski definition) is 0. The lowest BCUT2D eigenvalue weighted by atomic mass is 10.1. The molecule has 0 aliphatic heterocycles. The van der Waals surface area contributed by atoms with E-state index in [1.807, 2.05) is 31.2 Å². The summed E-state index contributed by atoms with van der Waals surface area (Å²) >= 11 is 4.99. The molecule has 0 N–H and O–H groups in total. The summed E-state index contributed by atoms with van der Waals surface area (Å²) in [6, 6.07) is 7.67. The maximum absolute atomic E-state index is 5.19. The van der Waals surface area contributed by atoms with Crippen LogP contribution in [0, 0.1) is 12.3 Å². The fraction of sp³-hybridized carbons (Fsp3) is 0.100. The highest BCUT2D eigenvalue weighted by atomic mass is 32.1. The van der Waals surface area contributed by atoms with Crippen LogP contribution >= 0.6 is 12.2 Å². The Kier molecular flexibility index (Phi) is 2.40. The Morgan fingerprint density at radius 1 is 1.36 bits per heavy atom. The highest BCUT2D eigenvalue weighted by molar-refractivity contribution is 7.80. The van der Waals surface area contributed by atoms with E-state index in [2.05, 4.69) is 5.92 Å². The molecule has 1 aromatic carbocycles. The highest BCUT2D eigenvalue weighted by Gasteiger charge is 1.92. The second-order valence-corrected chi connectivity index (χ2v) is 2.89. The highest BCUT2D eigenvalue weighted by Crippen LogP contribution is 2.04. The molecule has 0 aliphatic rings. The van der Waals surface area contributed by atoms with Gasteiger partial charge in [0, 0.05) is 10.4 Å². The normalized spacial score (nSPS) is 8.73. The van der Waals surface area contributed by atoms with Crippen molar-refractivity contribution in [2.45, 2.75) is 6.92 Å². The van der Waals surface area contributed by atoms with Gasteiger partial charge in [-0.1, -0.05) is 30.3 Å². The Bertz CT molecular complexity index is 301. The average molecular weight is 160 g/mol. The molecular weight excluding hydrogens is 152 g/mol. The van der Waals surface area contributed by atoms with Crippen LogP contribution in [0.4, 0.5) is 0 Å². The predicted octanol–water partition coefficient (Wildman–Crippen LogP) is 2.41. The van der Waals surface area contributed by atoms with Crippen molar-refractivity contribution in [1.29, 1.82) is 0 Å².